The van der Waals surface area contributed by atoms with Gasteiger partial charge < -0.3 is 4.90 Å². The Morgan fingerprint density at radius 3 is 3.18 bits per heavy atom. The van der Waals surface area contributed by atoms with Crippen molar-refractivity contribution in [3.63, 3.8) is 0 Å². The molecule has 1 fully saturated rings. The number of rotatable bonds is 4. The second-order valence-electron chi connectivity index (χ2n) is 4.32. The zero-order chi connectivity index (χ0) is 12.3. The van der Waals surface area contributed by atoms with E-state index in [9.17, 15) is 4.79 Å². The monoisotopic (exact) mass is 272 g/mol. The number of aromatic nitrogens is 1. The van der Waals surface area contributed by atoms with E-state index in [0.29, 0.717) is 11.7 Å². The van der Waals surface area contributed by atoms with E-state index in [1.165, 1.54) is 19.3 Å². The zero-order valence-corrected chi connectivity index (χ0v) is 11.6. The molecule has 0 N–H and O–H groups in total. The summed E-state index contributed by atoms with van der Waals surface area (Å²) in [4.78, 5) is 18.2. The number of nitrogens with zero attached hydrogens (tertiary/aromatic N) is 2. The fourth-order valence-corrected chi connectivity index (χ4v) is 3.33. The standard InChI is InChI=1S/C12H17ClN2OS/c1-2-9-5-3-4-6-15(9)12-14-10(8-17-12)11(16)7-13/h8-9H,2-7H2,1H3. The van der Waals surface area contributed by atoms with Gasteiger partial charge in [0.1, 0.15) is 5.69 Å². The van der Waals surface area contributed by atoms with E-state index in [-0.39, 0.29) is 11.7 Å². The fraction of sp³-hybridized carbons (Fsp3) is 0.667. The van der Waals surface area contributed by atoms with Crippen molar-refractivity contribution in [2.45, 2.75) is 38.6 Å². The molecule has 1 atom stereocenters. The van der Waals surface area contributed by atoms with Crippen LogP contribution in [0.3, 0.4) is 0 Å². The molecule has 0 bridgehead atoms. The Labute approximate surface area is 111 Å². The SMILES string of the molecule is CCC1CCCCN1c1nc(C(=O)CCl)cs1. The van der Waals surface area contributed by atoms with Crippen molar-refractivity contribution in [3.05, 3.63) is 11.1 Å². The Kier molecular flexibility index (Phi) is 4.40. The lowest BCUT2D eigenvalue weighted by atomic mass is 10.0. The van der Waals surface area contributed by atoms with Crippen LogP contribution in [0.1, 0.15) is 43.1 Å². The minimum Gasteiger partial charge on any atom is -0.345 e. The van der Waals surface area contributed by atoms with Crippen molar-refractivity contribution in [2.75, 3.05) is 17.3 Å². The van der Waals surface area contributed by atoms with Crippen LogP contribution in [0, 0.1) is 0 Å². The summed E-state index contributed by atoms with van der Waals surface area (Å²) in [6.07, 6.45) is 4.88. The van der Waals surface area contributed by atoms with Gasteiger partial charge in [-0.1, -0.05) is 6.92 Å². The third kappa shape index (κ3) is 2.80. The van der Waals surface area contributed by atoms with Crippen LogP contribution < -0.4 is 4.90 Å². The van der Waals surface area contributed by atoms with Gasteiger partial charge in [-0.15, -0.1) is 22.9 Å². The average Bonchev–Trinajstić information content (AvgIpc) is 2.87. The third-order valence-corrected chi connectivity index (χ3v) is 4.36. The maximum Gasteiger partial charge on any atom is 0.196 e. The van der Waals surface area contributed by atoms with Gasteiger partial charge in [0.2, 0.25) is 0 Å². The average molecular weight is 273 g/mol. The Hall–Kier alpha value is -0.610. The molecule has 5 heteroatoms. The number of carbonyl (C=O) groups is 1. The molecule has 17 heavy (non-hydrogen) atoms. The topological polar surface area (TPSA) is 33.2 Å². The molecule has 2 rings (SSSR count). The first-order valence-electron chi connectivity index (χ1n) is 6.07. The molecule has 0 aromatic carbocycles. The van der Waals surface area contributed by atoms with Crippen LogP contribution in [0.15, 0.2) is 5.38 Å². The Bertz CT molecular complexity index is 394. The van der Waals surface area contributed by atoms with Gasteiger partial charge in [-0.05, 0) is 25.7 Å². The summed E-state index contributed by atoms with van der Waals surface area (Å²) in [6, 6.07) is 0.578. The normalized spacial score (nSPS) is 20.6. The smallest absolute Gasteiger partial charge is 0.196 e. The highest BCUT2D eigenvalue weighted by molar-refractivity contribution is 7.14. The Balaban J connectivity index is 2.15. The number of ketones is 1. The van der Waals surface area contributed by atoms with Crippen LogP contribution in [-0.2, 0) is 0 Å². The predicted molar refractivity (Wildman–Crippen MR) is 72.4 cm³/mol. The van der Waals surface area contributed by atoms with Crippen molar-refractivity contribution in [1.82, 2.24) is 4.98 Å². The van der Waals surface area contributed by atoms with Crippen molar-refractivity contribution < 1.29 is 4.79 Å². The molecule has 2 heterocycles. The van der Waals surface area contributed by atoms with E-state index in [4.69, 9.17) is 11.6 Å². The Morgan fingerprint density at radius 1 is 1.65 bits per heavy atom. The number of carbonyl (C=O) groups excluding carboxylic acids is 1. The molecule has 1 aliphatic heterocycles. The highest BCUT2D eigenvalue weighted by atomic mass is 35.5. The van der Waals surface area contributed by atoms with Gasteiger partial charge in [0, 0.05) is 18.0 Å². The van der Waals surface area contributed by atoms with Gasteiger partial charge in [0.25, 0.3) is 0 Å². The minimum absolute atomic E-state index is 0.0143. The molecule has 1 aliphatic rings. The largest absolute Gasteiger partial charge is 0.345 e. The van der Waals surface area contributed by atoms with Crippen molar-refractivity contribution in [1.29, 1.82) is 0 Å². The molecule has 1 aromatic heterocycles. The number of alkyl halides is 1. The maximum atomic E-state index is 11.5. The molecule has 1 saturated heterocycles. The predicted octanol–water partition coefficient (Wildman–Crippen LogP) is 3.33. The highest BCUT2D eigenvalue weighted by Crippen LogP contribution is 2.29. The molecule has 0 spiro atoms. The van der Waals surface area contributed by atoms with Crippen molar-refractivity contribution in [2.24, 2.45) is 0 Å². The number of thiazole rings is 1. The molecule has 1 unspecified atom stereocenters. The van der Waals surface area contributed by atoms with Crippen molar-refractivity contribution >= 4 is 33.9 Å². The van der Waals surface area contributed by atoms with Gasteiger partial charge in [-0.2, -0.15) is 0 Å². The first kappa shape index (κ1) is 12.8. The van der Waals surface area contributed by atoms with E-state index < -0.39 is 0 Å². The molecule has 1 aromatic rings. The number of hydrogen-bond donors (Lipinski definition) is 0. The van der Waals surface area contributed by atoms with E-state index in [1.54, 1.807) is 11.3 Å². The highest BCUT2D eigenvalue weighted by Gasteiger charge is 2.24. The van der Waals surface area contributed by atoms with Gasteiger partial charge in [0.05, 0.1) is 5.88 Å². The fourth-order valence-electron chi connectivity index (χ4n) is 2.27. The van der Waals surface area contributed by atoms with Crippen LogP contribution in [0.4, 0.5) is 5.13 Å². The summed E-state index contributed by atoms with van der Waals surface area (Å²) >= 11 is 7.09. The molecule has 3 nitrogen and oxygen atoms in total. The van der Waals surface area contributed by atoms with Crippen LogP contribution >= 0.6 is 22.9 Å². The molecular formula is C12H17ClN2OS. The van der Waals surface area contributed by atoms with Gasteiger partial charge in [-0.3, -0.25) is 4.79 Å². The summed E-state index contributed by atoms with van der Waals surface area (Å²) in [5.74, 6) is -0.0698. The van der Waals surface area contributed by atoms with Crippen LogP contribution in [-0.4, -0.2) is 29.2 Å². The maximum absolute atomic E-state index is 11.5. The molecule has 0 radical (unpaired) electrons. The second kappa shape index (κ2) is 5.83. The van der Waals surface area contributed by atoms with E-state index in [2.05, 4.69) is 16.8 Å². The summed E-state index contributed by atoms with van der Waals surface area (Å²) in [5.41, 5.74) is 0.514. The minimum atomic E-state index is -0.0841. The summed E-state index contributed by atoms with van der Waals surface area (Å²) in [7, 11) is 0. The number of anilines is 1. The molecule has 0 amide bonds. The molecule has 0 aliphatic carbocycles. The lowest BCUT2D eigenvalue weighted by molar-refractivity contribution is 0.101. The third-order valence-electron chi connectivity index (χ3n) is 3.24. The van der Waals surface area contributed by atoms with E-state index in [0.717, 1.165) is 18.1 Å². The van der Waals surface area contributed by atoms with Crippen LogP contribution in [0.25, 0.3) is 0 Å². The second-order valence-corrected chi connectivity index (χ2v) is 5.43. The van der Waals surface area contributed by atoms with Gasteiger partial charge in [-0.25, -0.2) is 4.98 Å². The molecule has 0 saturated carbocycles. The van der Waals surface area contributed by atoms with E-state index in [1.807, 2.05) is 5.38 Å². The van der Waals surface area contributed by atoms with Crippen molar-refractivity contribution in [3.8, 4) is 0 Å². The lowest BCUT2D eigenvalue weighted by Gasteiger charge is -2.34. The first-order valence-corrected chi connectivity index (χ1v) is 7.49. The number of piperidine rings is 1. The summed E-state index contributed by atoms with van der Waals surface area (Å²) in [6.45, 7) is 3.27. The lowest BCUT2D eigenvalue weighted by Crippen LogP contribution is -2.39. The number of hydrogen-bond acceptors (Lipinski definition) is 4. The Morgan fingerprint density at radius 2 is 2.47 bits per heavy atom. The van der Waals surface area contributed by atoms with Gasteiger partial charge in [0.15, 0.2) is 10.9 Å². The summed E-state index contributed by atoms with van der Waals surface area (Å²) in [5, 5.41) is 2.80. The van der Waals surface area contributed by atoms with E-state index >= 15 is 0 Å². The molecule has 94 valence electrons. The number of halogens is 1. The van der Waals surface area contributed by atoms with Gasteiger partial charge >= 0.3 is 0 Å². The quantitative estimate of drug-likeness (QED) is 0.623. The van der Waals surface area contributed by atoms with Crippen LogP contribution in [0.5, 0.6) is 0 Å². The first-order chi connectivity index (χ1) is 8.26. The summed E-state index contributed by atoms with van der Waals surface area (Å²) < 4.78 is 0. The molecular weight excluding hydrogens is 256 g/mol. The van der Waals surface area contributed by atoms with Crippen LogP contribution in [0.2, 0.25) is 0 Å². The number of Topliss-reactive ketones (excluding diaryl/α,β-unsaturated/α-hetero) is 1. The zero-order valence-electron chi connectivity index (χ0n) is 9.99.